The van der Waals surface area contributed by atoms with Crippen LogP contribution in [0.1, 0.15) is 5.56 Å². The van der Waals surface area contributed by atoms with Crippen LogP contribution >= 0.6 is 0 Å². The topological polar surface area (TPSA) is 111 Å². The Morgan fingerprint density at radius 2 is 1.96 bits per heavy atom. The molecule has 0 spiro atoms. The van der Waals surface area contributed by atoms with Gasteiger partial charge in [0.05, 0.1) is 30.9 Å². The lowest BCUT2D eigenvalue weighted by molar-refractivity contribution is -0.384. The molecule has 2 aromatic rings. The monoisotopic (exact) mass is 405 g/mol. The van der Waals surface area contributed by atoms with Crippen molar-refractivity contribution >= 4 is 27.6 Å². The van der Waals surface area contributed by atoms with E-state index in [1.807, 2.05) is 0 Å². The minimum Gasteiger partial charge on any atom is -0.497 e. The van der Waals surface area contributed by atoms with Crippen molar-refractivity contribution in [2.24, 2.45) is 4.99 Å². The highest BCUT2D eigenvalue weighted by molar-refractivity contribution is 7.89. The highest BCUT2D eigenvalue weighted by Gasteiger charge is 2.29. The van der Waals surface area contributed by atoms with Crippen LogP contribution in [0.4, 0.5) is 11.4 Å². The number of hydrogen-bond acceptors (Lipinski definition) is 7. The van der Waals surface area contributed by atoms with Crippen molar-refractivity contribution in [1.29, 1.82) is 0 Å². The molecule has 3 rings (SSSR count). The Morgan fingerprint density at radius 1 is 1.21 bits per heavy atom. The maximum atomic E-state index is 13.1. The molecule has 1 aliphatic heterocycles. The Hall–Kier alpha value is -2.82. The molecular weight excluding hydrogens is 386 g/mol. The summed E-state index contributed by atoms with van der Waals surface area (Å²) in [5.41, 5.74) is 0.637. The molecule has 1 heterocycles. The molecule has 0 saturated carbocycles. The molecule has 0 atom stereocenters. The molecular formula is C18H19N3O6S. The first-order valence-corrected chi connectivity index (χ1v) is 9.90. The predicted octanol–water partition coefficient (Wildman–Crippen LogP) is 2.37. The molecule has 0 bridgehead atoms. The highest BCUT2D eigenvalue weighted by Crippen LogP contribution is 2.31. The van der Waals surface area contributed by atoms with Crippen LogP contribution in [0.15, 0.2) is 52.4 Å². The SMILES string of the molecule is COc1ccc(N=Cc2cccc([N+](=O)[O-])c2)c(S(=O)(=O)N2CCOCC2)c1. The summed E-state index contributed by atoms with van der Waals surface area (Å²) in [5.74, 6) is 0.390. The second kappa shape index (κ2) is 8.46. The number of nitro groups is 1. The second-order valence-electron chi connectivity index (χ2n) is 5.96. The fraction of sp³-hybridized carbons (Fsp3) is 0.278. The molecule has 0 N–H and O–H groups in total. The van der Waals surface area contributed by atoms with Crippen LogP contribution < -0.4 is 4.74 Å². The van der Waals surface area contributed by atoms with E-state index >= 15 is 0 Å². The van der Waals surface area contributed by atoms with Gasteiger partial charge in [0, 0.05) is 37.5 Å². The number of nitrogens with zero attached hydrogens (tertiary/aromatic N) is 3. The van der Waals surface area contributed by atoms with Gasteiger partial charge in [0.15, 0.2) is 0 Å². The third-order valence-corrected chi connectivity index (χ3v) is 6.12. The van der Waals surface area contributed by atoms with Gasteiger partial charge in [-0.05, 0) is 17.7 Å². The summed E-state index contributed by atoms with van der Waals surface area (Å²) in [5, 5.41) is 10.9. The predicted molar refractivity (Wildman–Crippen MR) is 103 cm³/mol. The first kappa shape index (κ1) is 19.9. The van der Waals surface area contributed by atoms with Gasteiger partial charge in [-0.15, -0.1) is 0 Å². The van der Waals surface area contributed by atoms with Crippen molar-refractivity contribution in [3.63, 3.8) is 0 Å². The van der Waals surface area contributed by atoms with Crippen molar-refractivity contribution in [3.05, 3.63) is 58.1 Å². The average Bonchev–Trinajstić information content (AvgIpc) is 2.73. The molecule has 0 aliphatic carbocycles. The molecule has 1 saturated heterocycles. The summed E-state index contributed by atoms with van der Waals surface area (Å²) < 4.78 is 37.9. The van der Waals surface area contributed by atoms with Crippen molar-refractivity contribution in [3.8, 4) is 5.75 Å². The number of non-ortho nitro benzene ring substituents is 1. The molecule has 2 aromatic carbocycles. The van der Waals surface area contributed by atoms with Crippen LogP contribution in [0, 0.1) is 10.1 Å². The van der Waals surface area contributed by atoms with E-state index in [0.717, 1.165) is 0 Å². The van der Waals surface area contributed by atoms with Gasteiger partial charge in [-0.1, -0.05) is 12.1 Å². The van der Waals surface area contributed by atoms with Gasteiger partial charge in [-0.3, -0.25) is 15.1 Å². The Bertz CT molecular complexity index is 1000. The molecule has 1 aliphatic rings. The molecule has 1 fully saturated rings. The molecule has 0 amide bonds. The van der Waals surface area contributed by atoms with Crippen LogP contribution in [-0.4, -0.2) is 57.3 Å². The lowest BCUT2D eigenvalue weighted by Crippen LogP contribution is -2.40. The molecule has 148 valence electrons. The van der Waals surface area contributed by atoms with Crippen molar-refractivity contribution < 1.29 is 22.8 Å². The molecule has 10 heteroatoms. The van der Waals surface area contributed by atoms with Crippen LogP contribution in [0.3, 0.4) is 0 Å². The number of morpholine rings is 1. The largest absolute Gasteiger partial charge is 0.497 e. The maximum Gasteiger partial charge on any atom is 0.270 e. The van der Waals surface area contributed by atoms with Crippen LogP contribution in [0.2, 0.25) is 0 Å². The smallest absolute Gasteiger partial charge is 0.270 e. The van der Waals surface area contributed by atoms with E-state index in [0.29, 0.717) is 24.5 Å². The molecule has 28 heavy (non-hydrogen) atoms. The number of aliphatic imine (C=N–C) groups is 1. The molecule has 0 unspecified atom stereocenters. The van der Waals surface area contributed by atoms with E-state index in [1.165, 1.54) is 35.8 Å². The average molecular weight is 405 g/mol. The van der Waals surface area contributed by atoms with Crippen molar-refractivity contribution in [1.82, 2.24) is 4.31 Å². The van der Waals surface area contributed by atoms with Gasteiger partial charge < -0.3 is 9.47 Å². The summed E-state index contributed by atoms with van der Waals surface area (Å²) in [6.45, 7) is 1.17. The van der Waals surface area contributed by atoms with E-state index in [2.05, 4.69) is 4.99 Å². The first-order valence-electron chi connectivity index (χ1n) is 8.46. The number of methoxy groups -OCH3 is 1. The van der Waals surface area contributed by atoms with Gasteiger partial charge in [-0.2, -0.15) is 4.31 Å². The Balaban J connectivity index is 1.99. The van der Waals surface area contributed by atoms with E-state index in [-0.39, 0.29) is 29.4 Å². The fourth-order valence-corrected chi connectivity index (χ4v) is 4.28. The van der Waals surface area contributed by atoms with E-state index < -0.39 is 14.9 Å². The van der Waals surface area contributed by atoms with Crippen LogP contribution in [0.25, 0.3) is 0 Å². The van der Waals surface area contributed by atoms with E-state index in [1.54, 1.807) is 24.3 Å². The van der Waals surface area contributed by atoms with Gasteiger partial charge in [0.1, 0.15) is 10.6 Å². The number of nitro benzene ring substituents is 1. The lowest BCUT2D eigenvalue weighted by Gasteiger charge is -2.26. The lowest BCUT2D eigenvalue weighted by atomic mass is 10.2. The standard InChI is InChI=1S/C18H19N3O6S/c1-26-16-5-6-17(19-13-14-3-2-4-15(11-14)21(22)23)18(12-16)28(24,25)20-7-9-27-10-8-20/h2-6,11-13H,7-10H2,1H3. The number of rotatable bonds is 6. The zero-order chi connectivity index (χ0) is 20.1. The highest BCUT2D eigenvalue weighted by atomic mass is 32.2. The summed E-state index contributed by atoms with van der Waals surface area (Å²) in [7, 11) is -2.35. The molecule has 0 radical (unpaired) electrons. The Morgan fingerprint density at radius 3 is 2.64 bits per heavy atom. The maximum absolute atomic E-state index is 13.1. The second-order valence-corrected chi connectivity index (χ2v) is 7.87. The van der Waals surface area contributed by atoms with Crippen LogP contribution in [-0.2, 0) is 14.8 Å². The van der Waals surface area contributed by atoms with Gasteiger partial charge >= 0.3 is 0 Å². The zero-order valence-electron chi connectivity index (χ0n) is 15.1. The summed E-state index contributed by atoms with van der Waals surface area (Å²) in [4.78, 5) is 14.7. The van der Waals surface area contributed by atoms with Gasteiger partial charge in [0.2, 0.25) is 10.0 Å². The van der Waals surface area contributed by atoms with E-state index in [9.17, 15) is 18.5 Å². The minimum atomic E-state index is -3.80. The number of hydrogen-bond donors (Lipinski definition) is 0. The van der Waals surface area contributed by atoms with Gasteiger partial charge in [0.25, 0.3) is 5.69 Å². The first-order chi connectivity index (χ1) is 13.4. The molecule has 9 nitrogen and oxygen atoms in total. The minimum absolute atomic E-state index is 0.00966. The van der Waals surface area contributed by atoms with Crippen molar-refractivity contribution in [2.75, 3.05) is 33.4 Å². The zero-order valence-corrected chi connectivity index (χ0v) is 16.0. The third kappa shape index (κ3) is 4.35. The number of sulfonamides is 1. The molecule has 0 aromatic heterocycles. The Labute approximate surface area is 162 Å². The van der Waals surface area contributed by atoms with Crippen molar-refractivity contribution in [2.45, 2.75) is 4.90 Å². The quantitative estimate of drug-likeness (QED) is 0.414. The Kier molecular flexibility index (Phi) is 6.02. The number of benzene rings is 2. The van der Waals surface area contributed by atoms with E-state index in [4.69, 9.17) is 9.47 Å². The van der Waals surface area contributed by atoms with Gasteiger partial charge in [-0.25, -0.2) is 8.42 Å². The summed E-state index contributed by atoms with van der Waals surface area (Å²) in [6.07, 6.45) is 1.40. The van der Waals surface area contributed by atoms with Crippen LogP contribution in [0.5, 0.6) is 5.75 Å². The number of ether oxygens (including phenoxy) is 2. The normalized spacial score (nSPS) is 15.6. The summed E-state index contributed by atoms with van der Waals surface area (Å²) >= 11 is 0. The third-order valence-electron chi connectivity index (χ3n) is 4.19. The fourth-order valence-electron chi connectivity index (χ4n) is 2.72. The summed E-state index contributed by atoms with van der Waals surface area (Å²) in [6, 6.07) is 10.5.